The van der Waals surface area contributed by atoms with Gasteiger partial charge in [0.1, 0.15) is 5.52 Å². The first-order chi connectivity index (χ1) is 9.03. The molecule has 0 bridgehead atoms. The Kier molecular flexibility index (Phi) is 2.95. The maximum absolute atomic E-state index is 9.93. The van der Waals surface area contributed by atoms with Crippen LogP contribution in [0.4, 0.5) is 5.69 Å². The quantitative estimate of drug-likeness (QED) is 0.806. The zero-order chi connectivity index (χ0) is 13.5. The number of benzene rings is 1. The van der Waals surface area contributed by atoms with Gasteiger partial charge in [0.15, 0.2) is 5.58 Å². The summed E-state index contributed by atoms with van der Waals surface area (Å²) >= 11 is 0. The summed E-state index contributed by atoms with van der Waals surface area (Å²) in [6.07, 6.45) is 1.57. The summed E-state index contributed by atoms with van der Waals surface area (Å²) in [4.78, 5) is 6.70. The molecule has 0 saturated carbocycles. The zero-order valence-electron chi connectivity index (χ0n) is 11.1. The van der Waals surface area contributed by atoms with E-state index in [4.69, 9.17) is 10.2 Å². The number of oxazole rings is 1. The van der Waals surface area contributed by atoms with Gasteiger partial charge in [-0.25, -0.2) is 4.98 Å². The van der Waals surface area contributed by atoms with Gasteiger partial charge in [0, 0.05) is 13.1 Å². The predicted octanol–water partition coefficient (Wildman–Crippen LogP) is 1.76. The van der Waals surface area contributed by atoms with Gasteiger partial charge in [-0.1, -0.05) is 6.07 Å². The predicted molar refractivity (Wildman–Crippen MR) is 73.6 cm³/mol. The Morgan fingerprint density at radius 3 is 2.84 bits per heavy atom. The van der Waals surface area contributed by atoms with E-state index in [1.165, 1.54) is 0 Å². The first kappa shape index (κ1) is 12.4. The summed E-state index contributed by atoms with van der Waals surface area (Å²) < 4.78 is 5.71. The molecule has 1 aliphatic rings. The molecule has 19 heavy (non-hydrogen) atoms. The average Bonchev–Trinajstić information content (AvgIpc) is 2.76. The molecule has 0 atom stereocenters. The van der Waals surface area contributed by atoms with Crippen LogP contribution in [0.1, 0.15) is 25.7 Å². The molecule has 5 heteroatoms. The second kappa shape index (κ2) is 4.51. The van der Waals surface area contributed by atoms with Gasteiger partial charge in [-0.15, -0.1) is 0 Å². The second-order valence-corrected chi connectivity index (χ2v) is 5.57. The van der Waals surface area contributed by atoms with Crippen molar-refractivity contribution in [2.45, 2.75) is 31.9 Å². The fourth-order valence-electron chi connectivity index (χ4n) is 2.47. The Hall–Kier alpha value is -1.59. The Morgan fingerprint density at radius 1 is 1.42 bits per heavy atom. The number of hydrogen-bond acceptors (Lipinski definition) is 5. The van der Waals surface area contributed by atoms with Crippen molar-refractivity contribution in [1.82, 2.24) is 9.88 Å². The monoisotopic (exact) mass is 261 g/mol. The lowest BCUT2D eigenvalue weighted by molar-refractivity contribution is -0.00898. The minimum Gasteiger partial charge on any atom is -0.439 e. The molecule has 1 saturated heterocycles. The van der Waals surface area contributed by atoms with E-state index in [0.29, 0.717) is 18.1 Å². The van der Waals surface area contributed by atoms with Crippen LogP contribution in [0.15, 0.2) is 22.6 Å². The van der Waals surface area contributed by atoms with Crippen LogP contribution in [-0.4, -0.2) is 33.7 Å². The number of aromatic nitrogens is 1. The molecule has 1 aliphatic heterocycles. The molecular formula is C14H19N3O2. The number of para-hydroxylation sites is 1. The number of nitrogen functional groups attached to an aromatic ring is 1. The molecule has 1 fully saturated rings. The van der Waals surface area contributed by atoms with Crippen molar-refractivity contribution in [3.05, 3.63) is 24.1 Å². The number of aliphatic hydroxyl groups is 1. The molecule has 102 valence electrons. The molecule has 0 radical (unpaired) electrons. The highest BCUT2D eigenvalue weighted by molar-refractivity contribution is 5.85. The molecule has 2 heterocycles. The number of hydrogen-bond donors (Lipinski definition) is 2. The maximum atomic E-state index is 9.93. The third kappa shape index (κ3) is 2.57. The first-order valence-electron chi connectivity index (χ1n) is 6.62. The third-order valence-corrected chi connectivity index (χ3v) is 3.79. The van der Waals surface area contributed by atoms with Gasteiger partial charge >= 0.3 is 0 Å². The smallest absolute Gasteiger partial charge is 0.209 e. The van der Waals surface area contributed by atoms with Gasteiger partial charge in [-0.2, -0.15) is 0 Å². The summed E-state index contributed by atoms with van der Waals surface area (Å²) in [5.41, 5.74) is 7.46. The van der Waals surface area contributed by atoms with Crippen molar-refractivity contribution in [1.29, 1.82) is 0 Å². The molecule has 1 aromatic carbocycles. The topological polar surface area (TPSA) is 75.5 Å². The highest BCUT2D eigenvalue weighted by Gasteiger charge is 2.27. The Balaban J connectivity index is 1.74. The van der Waals surface area contributed by atoms with Gasteiger partial charge in [0.2, 0.25) is 5.89 Å². The van der Waals surface area contributed by atoms with E-state index in [1.807, 2.05) is 25.1 Å². The number of nitrogens with zero attached hydrogens (tertiary/aromatic N) is 2. The van der Waals surface area contributed by atoms with Crippen molar-refractivity contribution in [2.24, 2.45) is 0 Å². The molecule has 0 aliphatic carbocycles. The molecule has 0 unspecified atom stereocenters. The Bertz CT molecular complexity index is 581. The van der Waals surface area contributed by atoms with Crippen LogP contribution in [0.2, 0.25) is 0 Å². The fraction of sp³-hybridized carbons (Fsp3) is 0.500. The van der Waals surface area contributed by atoms with E-state index in [0.717, 1.165) is 37.0 Å². The second-order valence-electron chi connectivity index (χ2n) is 5.57. The number of nitrogens with two attached hydrogens (primary N) is 1. The minimum absolute atomic E-state index is 0.526. The SMILES string of the molecule is CC1(O)CCN(Cc2nc3c(N)cccc3o2)CC1. The number of fused-ring (bicyclic) bond motifs is 1. The van der Waals surface area contributed by atoms with Crippen LogP contribution in [0.5, 0.6) is 0 Å². The summed E-state index contributed by atoms with van der Waals surface area (Å²) in [5, 5.41) is 9.93. The van der Waals surface area contributed by atoms with E-state index >= 15 is 0 Å². The summed E-state index contributed by atoms with van der Waals surface area (Å²) in [7, 11) is 0. The van der Waals surface area contributed by atoms with Gasteiger partial charge in [0.05, 0.1) is 17.8 Å². The van der Waals surface area contributed by atoms with E-state index in [9.17, 15) is 5.11 Å². The average molecular weight is 261 g/mol. The van der Waals surface area contributed by atoms with Crippen molar-refractivity contribution in [3.8, 4) is 0 Å². The van der Waals surface area contributed by atoms with E-state index in [-0.39, 0.29) is 0 Å². The lowest BCUT2D eigenvalue weighted by Gasteiger charge is -2.35. The lowest BCUT2D eigenvalue weighted by Crippen LogP contribution is -2.41. The number of likely N-dealkylation sites (tertiary alicyclic amines) is 1. The summed E-state index contributed by atoms with van der Waals surface area (Å²) in [6.45, 7) is 4.29. The van der Waals surface area contributed by atoms with Crippen LogP contribution in [-0.2, 0) is 6.54 Å². The van der Waals surface area contributed by atoms with Gasteiger partial charge in [0.25, 0.3) is 0 Å². The molecule has 0 amide bonds. The van der Waals surface area contributed by atoms with E-state index in [1.54, 1.807) is 0 Å². The number of anilines is 1. The van der Waals surface area contributed by atoms with Crippen molar-refractivity contribution < 1.29 is 9.52 Å². The van der Waals surface area contributed by atoms with Crippen molar-refractivity contribution in [3.63, 3.8) is 0 Å². The van der Waals surface area contributed by atoms with E-state index in [2.05, 4.69) is 9.88 Å². The van der Waals surface area contributed by atoms with Crippen LogP contribution < -0.4 is 5.73 Å². The minimum atomic E-state index is -0.526. The number of piperidine rings is 1. The van der Waals surface area contributed by atoms with Crippen molar-refractivity contribution >= 4 is 16.8 Å². The van der Waals surface area contributed by atoms with Gasteiger partial charge in [-0.3, -0.25) is 4.90 Å². The third-order valence-electron chi connectivity index (χ3n) is 3.79. The lowest BCUT2D eigenvalue weighted by atomic mass is 9.94. The molecule has 5 nitrogen and oxygen atoms in total. The molecule has 3 rings (SSSR count). The summed E-state index contributed by atoms with van der Waals surface area (Å²) in [6, 6.07) is 5.57. The van der Waals surface area contributed by atoms with Crippen LogP contribution >= 0.6 is 0 Å². The van der Waals surface area contributed by atoms with E-state index < -0.39 is 5.60 Å². The summed E-state index contributed by atoms with van der Waals surface area (Å²) in [5.74, 6) is 0.689. The molecule has 0 spiro atoms. The fourth-order valence-corrected chi connectivity index (χ4v) is 2.47. The van der Waals surface area contributed by atoms with Crippen LogP contribution in [0, 0.1) is 0 Å². The normalized spacial score (nSPS) is 19.9. The molecule has 1 aromatic heterocycles. The number of rotatable bonds is 2. The molecular weight excluding hydrogens is 242 g/mol. The highest BCUT2D eigenvalue weighted by atomic mass is 16.3. The highest BCUT2D eigenvalue weighted by Crippen LogP contribution is 2.25. The van der Waals surface area contributed by atoms with Gasteiger partial charge in [-0.05, 0) is 31.9 Å². The van der Waals surface area contributed by atoms with Crippen molar-refractivity contribution in [2.75, 3.05) is 18.8 Å². The van der Waals surface area contributed by atoms with Crippen LogP contribution in [0.25, 0.3) is 11.1 Å². The largest absolute Gasteiger partial charge is 0.439 e. The maximum Gasteiger partial charge on any atom is 0.209 e. The first-order valence-corrected chi connectivity index (χ1v) is 6.62. The van der Waals surface area contributed by atoms with Gasteiger partial charge < -0.3 is 15.3 Å². The molecule has 3 N–H and O–H groups in total. The standard InChI is InChI=1S/C14H19N3O2/c1-14(18)5-7-17(8-6-14)9-12-16-13-10(15)3-2-4-11(13)19-12/h2-4,18H,5-9,15H2,1H3. The Labute approximate surface area is 112 Å². The zero-order valence-corrected chi connectivity index (χ0v) is 11.1. The Morgan fingerprint density at radius 2 is 2.16 bits per heavy atom. The molecule has 2 aromatic rings. The van der Waals surface area contributed by atoms with Crippen LogP contribution in [0.3, 0.4) is 0 Å².